The number of rotatable bonds is 6. The molecule has 2 aromatic rings. The van der Waals surface area contributed by atoms with Gasteiger partial charge in [-0.3, -0.25) is 9.69 Å². The van der Waals surface area contributed by atoms with Gasteiger partial charge < -0.3 is 4.74 Å². The van der Waals surface area contributed by atoms with Crippen molar-refractivity contribution >= 4 is 45.6 Å². The molecule has 1 aromatic heterocycles. The van der Waals surface area contributed by atoms with Crippen LogP contribution in [0.3, 0.4) is 0 Å². The number of thiazole rings is 1. The topological polar surface area (TPSA) is 42.4 Å². The van der Waals surface area contributed by atoms with E-state index in [1.807, 2.05) is 12.3 Å². The first kappa shape index (κ1) is 17.1. The molecule has 4 nitrogen and oxygen atoms in total. The number of anilines is 1. The van der Waals surface area contributed by atoms with Crippen molar-refractivity contribution in [1.82, 2.24) is 4.98 Å². The van der Waals surface area contributed by atoms with E-state index in [2.05, 4.69) is 4.98 Å². The maximum atomic E-state index is 12.1. The van der Waals surface area contributed by atoms with Crippen LogP contribution in [0.4, 0.5) is 5.13 Å². The fraction of sp³-hybridized carbons (Fsp3) is 0.333. The molecule has 7 heteroatoms. The van der Waals surface area contributed by atoms with Crippen LogP contribution >= 0.6 is 34.5 Å². The molecule has 0 saturated heterocycles. The zero-order chi connectivity index (χ0) is 16.1. The lowest BCUT2D eigenvalue weighted by molar-refractivity contribution is -0.118. The van der Waals surface area contributed by atoms with Crippen molar-refractivity contribution in [3.63, 3.8) is 0 Å². The second-order valence-electron chi connectivity index (χ2n) is 4.75. The number of amides is 1. The molecule has 1 aromatic carbocycles. The molecule has 0 aliphatic heterocycles. The van der Waals surface area contributed by atoms with Crippen molar-refractivity contribution in [3.05, 3.63) is 39.3 Å². The molecule has 0 aliphatic rings. The van der Waals surface area contributed by atoms with Crippen LogP contribution < -0.4 is 9.64 Å². The van der Waals surface area contributed by atoms with Gasteiger partial charge in [-0.15, -0.1) is 11.3 Å². The highest BCUT2D eigenvalue weighted by molar-refractivity contribution is 7.14. The Morgan fingerprint density at radius 1 is 1.41 bits per heavy atom. The second kappa shape index (κ2) is 7.81. The van der Waals surface area contributed by atoms with Crippen LogP contribution in [-0.2, 0) is 4.79 Å². The largest absolute Gasteiger partial charge is 0.492 e. The molecule has 0 aliphatic carbocycles. The van der Waals surface area contributed by atoms with Crippen LogP contribution in [0.15, 0.2) is 23.6 Å². The maximum absolute atomic E-state index is 12.1. The number of hydrogen-bond donors (Lipinski definition) is 0. The maximum Gasteiger partial charge on any atom is 0.228 e. The van der Waals surface area contributed by atoms with Crippen LogP contribution in [-0.4, -0.2) is 24.5 Å². The monoisotopic (exact) mass is 358 g/mol. The van der Waals surface area contributed by atoms with E-state index in [9.17, 15) is 4.79 Å². The highest BCUT2D eigenvalue weighted by atomic mass is 35.5. The van der Waals surface area contributed by atoms with Gasteiger partial charge in [-0.05, 0) is 31.5 Å². The quantitative estimate of drug-likeness (QED) is 0.709. The van der Waals surface area contributed by atoms with Crippen LogP contribution in [0.1, 0.15) is 18.5 Å². The third-order valence-corrected chi connectivity index (χ3v) is 4.52. The summed E-state index contributed by atoms with van der Waals surface area (Å²) in [5.74, 6) is 0.586. The molecule has 0 saturated carbocycles. The van der Waals surface area contributed by atoms with Gasteiger partial charge in [-0.2, -0.15) is 0 Å². The lowest BCUT2D eigenvalue weighted by Crippen LogP contribution is -2.26. The molecular formula is C15H16Cl2N2O2S. The average molecular weight is 359 g/mol. The number of aryl methyl sites for hydroxylation is 1. The fourth-order valence-corrected chi connectivity index (χ4v) is 3.02. The van der Waals surface area contributed by atoms with E-state index < -0.39 is 0 Å². The van der Waals surface area contributed by atoms with Crippen LogP contribution in [0.2, 0.25) is 10.0 Å². The van der Waals surface area contributed by atoms with E-state index in [0.29, 0.717) is 40.4 Å². The number of carbonyl (C=O) groups is 1. The molecule has 1 heterocycles. The molecule has 22 heavy (non-hydrogen) atoms. The highest BCUT2D eigenvalue weighted by Crippen LogP contribution is 2.27. The van der Waals surface area contributed by atoms with Crippen molar-refractivity contribution in [2.45, 2.75) is 19.8 Å². The predicted molar refractivity (Wildman–Crippen MR) is 91.5 cm³/mol. The fourth-order valence-electron chi connectivity index (χ4n) is 1.77. The number of nitrogens with zero attached hydrogens (tertiary/aromatic N) is 2. The molecule has 0 atom stereocenters. The summed E-state index contributed by atoms with van der Waals surface area (Å²) in [6.07, 6.45) is 0.993. The van der Waals surface area contributed by atoms with Gasteiger partial charge in [0, 0.05) is 23.9 Å². The molecule has 0 unspecified atom stereocenters. The summed E-state index contributed by atoms with van der Waals surface area (Å²) in [7, 11) is 1.73. The first-order valence-electron chi connectivity index (χ1n) is 6.74. The lowest BCUT2D eigenvalue weighted by Gasteiger charge is -2.14. The minimum absolute atomic E-state index is 0.0140. The summed E-state index contributed by atoms with van der Waals surface area (Å²) in [6, 6.07) is 5.06. The molecule has 0 fully saturated rings. The van der Waals surface area contributed by atoms with Crippen molar-refractivity contribution in [3.8, 4) is 5.75 Å². The molecule has 0 N–H and O–H groups in total. The third-order valence-electron chi connectivity index (χ3n) is 2.95. The van der Waals surface area contributed by atoms with Crippen molar-refractivity contribution in [1.29, 1.82) is 0 Å². The summed E-state index contributed by atoms with van der Waals surface area (Å²) in [4.78, 5) is 17.9. The van der Waals surface area contributed by atoms with E-state index in [1.165, 1.54) is 11.3 Å². The third kappa shape index (κ3) is 4.60. The van der Waals surface area contributed by atoms with E-state index in [0.717, 1.165) is 5.69 Å². The van der Waals surface area contributed by atoms with Gasteiger partial charge in [0.15, 0.2) is 5.13 Å². The Bertz CT molecular complexity index is 661. The van der Waals surface area contributed by atoms with Crippen molar-refractivity contribution < 1.29 is 9.53 Å². The van der Waals surface area contributed by atoms with E-state index in [4.69, 9.17) is 27.9 Å². The van der Waals surface area contributed by atoms with E-state index in [1.54, 1.807) is 30.1 Å². The minimum Gasteiger partial charge on any atom is -0.492 e. The predicted octanol–water partition coefficient (Wildman–Crippen LogP) is 4.58. The summed E-state index contributed by atoms with van der Waals surface area (Å²) < 4.78 is 5.56. The SMILES string of the molecule is Cc1csc(N(C)C(=O)CCCOc2ccc(Cl)cc2Cl)n1. The van der Waals surface area contributed by atoms with E-state index in [-0.39, 0.29) is 5.91 Å². The Kier molecular flexibility index (Phi) is 6.06. The highest BCUT2D eigenvalue weighted by Gasteiger charge is 2.13. The van der Waals surface area contributed by atoms with Crippen molar-refractivity contribution in [2.75, 3.05) is 18.6 Å². The molecule has 1 amide bonds. The zero-order valence-electron chi connectivity index (χ0n) is 12.3. The van der Waals surface area contributed by atoms with Gasteiger partial charge in [0.25, 0.3) is 0 Å². The number of halogens is 2. The Morgan fingerprint density at radius 2 is 2.18 bits per heavy atom. The smallest absolute Gasteiger partial charge is 0.228 e. The first-order valence-corrected chi connectivity index (χ1v) is 8.37. The van der Waals surface area contributed by atoms with Crippen LogP contribution in [0.25, 0.3) is 0 Å². The first-order chi connectivity index (χ1) is 10.5. The Labute approximate surface area is 143 Å². The Hall–Kier alpha value is -1.30. The van der Waals surface area contributed by atoms with Gasteiger partial charge in [0.2, 0.25) is 5.91 Å². The summed E-state index contributed by atoms with van der Waals surface area (Å²) >= 11 is 13.3. The summed E-state index contributed by atoms with van der Waals surface area (Å²) in [5.41, 5.74) is 0.917. The molecule has 0 bridgehead atoms. The molecule has 2 rings (SSSR count). The number of ether oxygens (including phenoxy) is 1. The van der Waals surface area contributed by atoms with Gasteiger partial charge >= 0.3 is 0 Å². The van der Waals surface area contributed by atoms with Crippen molar-refractivity contribution in [2.24, 2.45) is 0 Å². The Balaban J connectivity index is 1.77. The number of benzene rings is 1. The molecular weight excluding hydrogens is 343 g/mol. The Morgan fingerprint density at radius 3 is 2.82 bits per heavy atom. The van der Waals surface area contributed by atoms with Gasteiger partial charge in [0.05, 0.1) is 17.3 Å². The second-order valence-corrected chi connectivity index (χ2v) is 6.43. The van der Waals surface area contributed by atoms with Crippen LogP contribution in [0, 0.1) is 6.92 Å². The van der Waals surface area contributed by atoms with Gasteiger partial charge in [-0.25, -0.2) is 4.98 Å². The minimum atomic E-state index is 0.0140. The summed E-state index contributed by atoms with van der Waals surface area (Å²) in [5, 5.41) is 3.66. The van der Waals surface area contributed by atoms with E-state index >= 15 is 0 Å². The molecule has 0 spiro atoms. The normalized spacial score (nSPS) is 10.5. The molecule has 118 valence electrons. The van der Waals surface area contributed by atoms with Gasteiger partial charge in [0.1, 0.15) is 5.75 Å². The number of aromatic nitrogens is 1. The standard InChI is InChI=1S/C15H16Cl2N2O2S/c1-10-9-22-15(18-10)19(2)14(20)4-3-7-21-13-6-5-11(16)8-12(13)17/h5-6,8-9H,3-4,7H2,1-2H3. The number of carbonyl (C=O) groups excluding carboxylic acids is 1. The van der Waals surface area contributed by atoms with Gasteiger partial charge in [-0.1, -0.05) is 23.2 Å². The summed E-state index contributed by atoms with van der Waals surface area (Å²) in [6.45, 7) is 2.32. The van der Waals surface area contributed by atoms with Crippen LogP contribution in [0.5, 0.6) is 5.75 Å². The lowest BCUT2D eigenvalue weighted by atomic mass is 10.3. The zero-order valence-corrected chi connectivity index (χ0v) is 14.6. The average Bonchev–Trinajstić information content (AvgIpc) is 2.91. The molecule has 0 radical (unpaired) electrons. The number of hydrogen-bond acceptors (Lipinski definition) is 4.